The summed E-state index contributed by atoms with van der Waals surface area (Å²) in [6.07, 6.45) is 15.6. The molecule has 1 saturated carbocycles. The maximum atomic E-state index is 2.67. The second-order valence-corrected chi connectivity index (χ2v) is 6.64. The van der Waals surface area contributed by atoms with Gasteiger partial charge in [0.05, 0.1) is 0 Å². The molecule has 104 valence electrons. The van der Waals surface area contributed by atoms with E-state index >= 15 is 0 Å². The van der Waals surface area contributed by atoms with Gasteiger partial charge in [0.25, 0.3) is 0 Å². The van der Waals surface area contributed by atoms with Crippen LogP contribution < -0.4 is 0 Å². The van der Waals surface area contributed by atoms with E-state index in [-0.39, 0.29) is 0 Å². The normalized spacial score (nSPS) is 36.1. The highest BCUT2D eigenvalue weighted by molar-refractivity contribution is 5.18. The molecule has 1 fully saturated rings. The Morgan fingerprint density at radius 3 is 2.61 bits per heavy atom. The average molecular weight is 248 g/mol. The van der Waals surface area contributed by atoms with Gasteiger partial charge in [0.1, 0.15) is 0 Å². The van der Waals surface area contributed by atoms with Gasteiger partial charge in [0, 0.05) is 0 Å². The van der Waals surface area contributed by atoms with E-state index in [2.05, 4.69) is 26.8 Å². The van der Waals surface area contributed by atoms with Gasteiger partial charge in [-0.2, -0.15) is 0 Å². The lowest BCUT2D eigenvalue weighted by Gasteiger charge is -2.42. The molecule has 0 bridgehead atoms. The molecule has 4 atom stereocenters. The summed E-state index contributed by atoms with van der Waals surface area (Å²) in [5.74, 6) is 3.90. The Labute approximate surface area is 114 Å². The van der Waals surface area contributed by atoms with Crippen LogP contribution in [0.5, 0.6) is 0 Å². The van der Waals surface area contributed by atoms with Gasteiger partial charge in [-0.3, -0.25) is 0 Å². The zero-order valence-electron chi connectivity index (χ0n) is 12.8. The molecule has 0 radical (unpaired) electrons. The van der Waals surface area contributed by atoms with Crippen molar-refractivity contribution in [2.24, 2.45) is 23.7 Å². The zero-order chi connectivity index (χ0) is 13.0. The van der Waals surface area contributed by atoms with Gasteiger partial charge < -0.3 is 0 Å². The third kappa shape index (κ3) is 3.00. The van der Waals surface area contributed by atoms with Crippen LogP contribution in [0.15, 0.2) is 11.6 Å². The lowest BCUT2D eigenvalue weighted by atomic mass is 9.63. The first-order chi connectivity index (χ1) is 8.80. The molecule has 0 saturated heterocycles. The van der Waals surface area contributed by atoms with Gasteiger partial charge in [-0.15, -0.1) is 0 Å². The highest BCUT2D eigenvalue weighted by atomic mass is 14.4. The predicted molar refractivity (Wildman–Crippen MR) is 80.6 cm³/mol. The van der Waals surface area contributed by atoms with Crippen LogP contribution >= 0.6 is 0 Å². The summed E-state index contributed by atoms with van der Waals surface area (Å²) in [4.78, 5) is 0. The van der Waals surface area contributed by atoms with Gasteiger partial charge >= 0.3 is 0 Å². The van der Waals surface area contributed by atoms with Crippen molar-refractivity contribution in [3.63, 3.8) is 0 Å². The maximum Gasteiger partial charge on any atom is -0.0172 e. The third-order valence-electron chi connectivity index (χ3n) is 5.63. The van der Waals surface area contributed by atoms with Crippen molar-refractivity contribution >= 4 is 0 Å². The first kappa shape index (κ1) is 14.2. The Morgan fingerprint density at radius 1 is 1.11 bits per heavy atom. The fraction of sp³-hybridized carbons (Fsp3) is 0.889. The second kappa shape index (κ2) is 6.78. The first-order valence-corrected chi connectivity index (χ1v) is 8.49. The first-order valence-electron chi connectivity index (χ1n) is 8.49. The van der Waals surface area contributed by atoms with Crippen molar-refractivity contribution in [2.45, 2.75) is 78.6 Å². The molecule has 2 rings (SSSR count). The Balaban J connectivity index is 2.09. The molecule has 0 amide bonds. The van der Waals surface area contributed by atoms with Crippen LogP contribution in [0.1, 0.15) is 78.6 Å². The van der Waals surface area contributed by atoms with Crippen LogP contribution in [-0.2, 0) is 0 Å². The van der Waals surface area contributed by atoms with E-state index in [0.29, 0.717) is 0 Å². The number of unbranched alkanes of at least 4 members (excludes halogenated alkanes) is 1. The second-order valence-electron chi connectivity index (χ2n) is 6.64. The summed E-state index contributed by atoms with van der Waals surface area (Å²) < 4.78 is 0. The highest BCUT2D eigenvalue weighted by Crippen LogP contribution is 2.47. The Kier molecular flexibility index (Phi) is 5.33. The molecule has 0 aromatic carbocycles. The van der Waals surface area contributed by atoms with Gasteiger partial charge in [0.15, 0.2) is 0 Å². The van der Waals surface area contributed by atoms with Crippen molar-refractivity contribution in [1.29, 1.82) is 0 Å². The van der Waals surface area contributed by atoms with Crippen LogP contribution in [0.4, 0.5) is 0 Å². The Morgan fingerprint density at radius 2 is 1.94 bits per heavy atom. The molecule has 0 nitrogen and oxygen atoms in total. The van der Waals surface area contributed by atoms with Crippen LogP contribution in [-0.4, -0.2) is 0 Å². The smallest absolute Gasteiger partial charge is 0.0172 e. The quantitative estimate of drug-likeness (QED) is 0.525. The molecule has 18 heavy (non-hydrogen) atoms. The largest absolute Gasteiger partial charge is 0.0845 e. The van der Waals surface area contributed by atoms with Crippen LogP contribution in [0.25, 0.3) is 0 Å². The molecule has 0 heterocycles. The van der Waals surface area contributed by atoms with Crippen molar-refractivity contribution in [2.75, 3.05) is 0 Å². The van der Waals surface area contributed by atoms with Gasteiger partial charge in [-0.25, -0.2) is 0 Å². The van der Waals surface area contributed by atoms with Crippen molar-refractivity contribution in [3.05, 3.63) is 11.6 Å². The number of fused-ring (bicyclic) bond motifs is 1. The van der Waals surface area contributed by atoms with Crippen LogP contribution in [0.2, 0.25) is 0 Å². The minimum Gasteiger partial charge on any atom is -0.0845 e. The molecule has 0 heteroatoms. The van der Waals surface area contributed by atoms with Crippen LogP contribution in [0, 0.1) is 23.7 Å². The number of hydrogen-bond donors (Lipinski definition) is 0. The van der Waals surface area contributed by atoms with Gasteiger partial charge in [-0.1, -0.05) is 58.1 Å². The SMILES string of the molecule is CCCCC1C2=CCC(CC)CC2CCC1CC. The van der Waals surface area contributed by atoms with E-state index in [0.717, 1.165) is 23.7 Å². The minimum atomic E-state index is 0.950. The molecular weight excluding hydrogens is 216 g/mol. The van der Waals surface area contributed by atoms with Crippen molar-refractivity contribution in [1.82, 2.24) is 0 Å². The number of allylic oxidation sites excluding steroid dienone is 2. The van der Waals surface area contributed by atoms with E-state index in [1.165, 1.54) is 57.8 Å². The lowest BCUT2D eigenvalue weighted by molar-refractivity contribution is 0.201. The molecule has 4 unspecified atom stereocenters. The summed E-state index contributed by atoms with van der Waals surface area (Å²) >= 11 is 0. The summed E-state index contributed by atoms with van der Waals surface area (Å²) in [7, 11) is 0. The third-order valence-corrected chi connectivity index (χ3v) is 5.63. The molecular formula is C18H32. The minimum absolute atomic E-state index is 0.950. The molecule has 0 N–H and O–H groups in total. The Hall–Kier alpha value is -0.260. The summed E-state index contributed by atoms with van der Waals surface area (Å²) in [6.45, 7) is 7.11. The molecule has 2 aliphatic carbocycles. The number of hydrogen-bond acceptors (Lipinski definition) is 0. The van der Waals surface area contributed by atoms with E-state index in [4.69, 9.17) is 0 Å². The molecule has 2 aliphatic rings. The fourth-order valence-corrected chi connectivity index (χ4v) is 4.38. The average Bonchev–Trinajstić information content (AvgIpc) is 2.43. The summed E-state index contributed by atoms with van der Waals surface area (Å²) in [5.41, 5.74) is 1.89. The zero-order valence-corrected chi connectivity index (χ0v) is 12.8. The molecule has 0 aromatic heterocycles. The predicted octanol–water partition coefficient (Wildman–Crippen LogP) is 5.98. The van der Waals surface area contributed by atoms with Crippen molar-refractivity contribution < 1.29 is 0 Å². The topological polar surface area (TPSA) is 0 Å². The van der Waals surface area contributed by atoms with E-state index in [1.807, 2.05) is 5.57 Å². The van der Waals surface area contributed by atoms with Gasteiger partial charge in [0.2, 0.25) is 0 Å². The Bertz CT molecular complexity index is 276. The monoisotopic (exact) mass is 248 g/mol. The standard InChI is InChI=1S/C18H32/c1-4-7-8-17-15(6-3)10-11-16-13-14(5-2)9-12-18(16)17/h12,14-17H,4-11,13H2,1-3H3. The maximum absolute atomic E-state index is 2.67. The summed E-state index contributed by atoms with van der Waals surface area (Å²) in [5, 5.41) is 0. The molecule has 0 spiro atoms. The van der Waals surface area contributed by atoms with Crippen LogP contribution in [0.3, 0.4) is 0 Å². The van der Waals surface area contributed by atoms with E-state index < -0.39 is 0 Å². The number of rotatable bonds is 5. The summed E-state index contributed by atoms with van der Waals surface area (Å²) in [6, 6.07) is 0. The van der Waals surface area contributed by atoms with Crippen molar-refractivity contribution in [3.8, 4) is 0 Å². The van der Waals surface area contributed by atoms with E-state index in [9.17, 15) is 0 Å². The lowest BCUT2D eigenvalue weighted by Crippen LogP contribution is -2.31. The highest BCUT2D eigenvalue weighted by Gasteiger charge is 2.35. The van der Waals surface area contributed by atoms with Gasteiger partial charge in [-0.05, 0) is 55.8 Å². The molecule has 0 aromatic rings. The molecule has 0 aliphatic heterocycles. The fourth-order valence-electron chi connectivity index (χ4n) is 4.38. The van der Waals surface area contributed by atoms with E-state index in [1.54, 1.807) is 0 Å².